The van der Waals surface area contributed by atoms with Gasteiger partial charge in [-0.3, -0.25) is 9.59 Å². The van der Waals surface area contributed by atoms with Gasteiger partial charge in [0.1, 0.15) is 0 Å². The second kappa shape index (κ2) is 7.01. The number of nitrogens with zero attached hydrogens (tertiary/aromatic N) is 2. The third-order valence-electron chi connectivity index (χ3n) is 3.36. The fraction of sp³-hybridized carbons (Fsp3) is 0.571. The van der Waals surface area contributed by atoms with Gasteiger partial charge in [0, 0.05) is 30.5 Å². The summed E-state index contributed by atoms with van der Waals surface area (Å²) < 4.78 is 4.64. The number of carbonyl (C=O) groups excluding carboxylic acids is 2. The Morgan fingerprint density at radius 2 is 2.00 bits per heavy atom. The molecule has 116 valence electrons. The van der Waals surface area contributed by atoms with Crippen molar-refractivity contribution in [3.8, 4) is 0 Å². The van der Waals surface area contributed by atoms with Crippen LogP contribution in [0.4, 0.5) is 0 Å². The Balaban J connectivity index is 2.78. The van der Waals surface area contributed by atoms with Crippen molar-refractivity contribution < 1.29 is 14.3 Å². The van der Waals surface area contributed by atoms with Crippen LogP contribution in [0.3, 0.4) is 0 Å². The zero-order chi connectivity index (χ0) is 16.2. The van der Waals surface area contributed by atoms with Gasteiger partial charge in [0.2, 0.25) is 5.91 Å². The molecular formula is C14H21N3O4. The Hall–Kier alpha value is -2.18. The molecule has 7 nitrogen and oxygen atoms in total. The van der Waals surface area contributed by atoms with E-state index in [0.29, 0.717) is 17.0 Å². The number of esters is 1. The number of aryl methyl sites for hydroxylation is 2. The topological polar surface area (TPSA) is 92.4 Å². The molecular weight excluding hydrogens is 274 g/mol. The van der Waals surface area contributed by atoms with Gasteiger partial charge in [-0.05, 0) is 13.8 Å². The lowest BCUT2D eigenvalue weighted by Gasteiger charge is -2.21. The zero-order valence-corrected chi connectivity index (χ0v) is 13.0. The third kappa shape index (κ3) is 4.40. The highest BCUT2D eigenvalue weighted by molar-refractivity contribution is 5.80. The highest BCUT2D eigenvalue weighted by Gasteiger charge is 2.20. The Kier molecular flexibility index (Phi) is 5.63. The zero-order valence-electron chi connectivity index (χ0n) is 13.0. The van der Waals surface area contributed by atoms with E-state index in [4.69, 9.17) is 0 Å². The lowest BCUT2D eigenvalue weighted by molar-refractivity contribution is -0.146. The minimum absolute atomic E-state index is 0.131. The molecule has 0 fully saturated rings. The Bertz CT molecular complexity index is 568. The highest BCUT2D eigenvalue weighted by Crippen LogP contribution is 2.10. The largest absolute Gasteiger partial charge is 0.469 e. The first-order chi connectivity index (χ1) is 9.76. The smallest absolute Gasteiger partial charge is 0.345 e. The lowest BCUT2D eigenvalue weighted by atomic mass is 10.1. The Morgan fingerprint density at radius 3 is 2.52 bits per heavy atom. The summed E-state index contributed by atoms with van der Waals surface area (Å²) in [5.74, 6) is -0.890. The molecule has 1 aromatic rings. The van der Waals surface area contributed by atoms with Crippen LogP contribution in [0.1, 0.15) is 23.9 Å². The van der Waals surface area contributed by atoms with E-state index in [0.717, 1.165) is 0 Å². The van der Waals surface area contributed by atoms with E-state index >= 15 is 0 Å². The molecule has 7 heteroatoms. The van der Waals surface area contributed by atoms with Crippen LogP contribution in [0.25, 0.3) is 0 Å². The molecule has 0 aliphatic carbocycles. The van der Waals surface area contributed by atoms with Gasteiger partial charge in [0.05, 0.1) is 19.4 Å². The van der Waals surface area contributed by atoms with E-state index in [1.807, 2.05) is 0 Å². The lowest BCUT2D eigenvalue weighted by Crippen LogP contribution is -2.35. The van der Waals surface area contributed by atoms with E-state index in [1.165, 1.54) is 12.0 Å². The molecule has 1 amide bonds. The SMILES string of the molecule is COC(=O)C(C)CN(C)C(=O)Cc1c(C)nc(=O)[nH]c1C. The number of amides is 1. The summed E-state index contributed by atoms with van der Waals surface area (Å²) in [5, 5.41) is 0. The van der Waals surface area contributed by atoms with Crippen LogP contribution in [-0.4, -0.2) is 47.4 Å². The standard InChI is InChI=1S/C14H21N3O4/c1-8(13(19)21-5)7-17(4)12(18)6-11-9(2)15-14(20)16-10(11)3/h8H,6-7H2,1-5H3,(H,15,16,20). The average molecular weight is 295 g/mol. The number of carbonyl (C=O) groups is 2. The van der Waals surface area contributed by atoms with Crippen molar-refractivity contribution in [1.29, 1.82) is 0 Å². The molecule has 0 aliphatic heterocycles. The van der Waals surface area contributed by atoms with Gasteiger partial charge in [-0.1, -0.05) is 6.92 Å². The van der Waals surface area contributed by atoms with Crippen LogP contribution in [0.2, 0.25) is 0 Å². The molecule has 0 aromatic carbocycles. The van der Waals surface area contributed by atoms with E-state index < -0.39 is 5.69 Å². The number of nitrogens with one attached hydrogen (secondary N) is 1. The molecule has 0 spiro atoms. The average Bonchev–Trinajstić information content (AvgIpc) is 2.41. The fourth-order valence-corrected chi connectivity index (χ4v) is 2.09. The summed E-state index contributed by atoms with van der Waals surface area (Å²) in [6.07, 6.45) is 0.131. The molecule has 1 rings (SSSR count). The summed E-state index contributed by atoms with van der Waals surface area (Å²) in [6, 6.07) is 0. The van der Waals surface area contributed by atoms with Crippen LogP contribution < -0.4 is 5.69 Å². The van der Waals surface area contributed by atoms with Crippen LogP contribution in [-0.2, 0) is 20.7 Å². The number of likely N-dealkylation sites (N-methyl/N-ethyl adjacent to an activating group) is 1. The summed E-state index contributed by atoms with van der Waals surface area (Å²) in [6.45, 7) is 5.41. The molecule has 0 saturated heterocycles. The van der Waals surface area contributed by atoms with Crippen molar-refractivity contribution in [2.24, 2.45) is 5.92 Å². The minimum Gasteiger partial charge on any atom is -0.469 e. The molecule has 21 heavy (non-hydrogen) atoms. The van der Waals surface area contributed by atoms with Crippen molar-refractivity contribution >= 4 is 11.9 Å². The third-order valence-corrected chi connectivity index (χ3v) is 3.36. The van der Waals surface area contributed by atoms with Crippen molar-refractivity contribution in [3.05, 3.63) is 27.4 Å². The minimum atomic E-state index is -0.422. The van der Waals surface area contributed by atoms with Crippen LogP contribution >= 0.6 is 0 Å². The van der Waals surface area contributed by atoms with E-state index in [9.17, 15) is 14.4 Å². The molecule has 0 aliphatic rings. The number of H-pyrrole nitrogens is 1. The normalized spacial score (nSPS) is 11.9. The maximum absolute atomic E-state index is 12.2. The predicted molar refractivity (Wildman–Crippen MR) is 76.9 cm³/mol. The molecule has 1 unspecified atom stereocenters. The number of hydrogen-bond donors (Lipinski definition) is 1. The number of hydrogen-bond acceptors (Lipinski definition) is 5. The first-order valence-electron chi connectivity index (χ1n) is 6.64. The van der Waals surface area contributed by atoms with Gasteiger partial charge >= 0.3 is 11.7 Å². The van der Waals surface area contributed by atoms with Crippen molar-refractivity contribution in [2.45, 2.75) is 27.2 Å². The molecule has 1 atom stereocenters. The predicted octanol–water partition coefficient (Wildman–Crippen LogP) is 0.197. The van der Waals surface area contributed by atoms with E-state index in [-0.39, 0.29) is 30.8 Å². The molecule has 0 bridgehead atoms. The Morgan fingerprint density at radius 1 is 1.38 bits per heavy atom. The summed E-state index contributed by atoms with van der Waals surface area (Å²) in [5.41, 5.74) is 1.46. The highest BCUT2D eigenvalue weighted by atomic mass is 16.5. The fourth-order valence-electron chi connectivity index (χ4n) is 2.09. The number of methoxy groups -OCH3 is 1. The number of aromatic nitrogens is 2. The molecule has 0 saturated carbocycles. The van der Waals surface area contributed by atoms with Gasteiger partial charge in [0.25, 0.3) is 0 Å². The maximum atomic E-state index is 12.2. The van der Waals surface area contributed by atoms with Gasteiger partial charge in [-0.2, -0.15) is 4.98 Å². The molecule has 1 N–H and O–H groups in total. The molecule has 1 aromatic heterocycles. The summed E-state index contributed by atoms with van der Waals surface area (Å²) in [4.78, 5) is 42.6. The van der Waals surface area contributed by atoms with Crippen LogP contribution in [0.5, 0.6) is 0 Å². The number of rotatable bonds is 5. The van der Waals surface area contributed by atoms with Crippen molar-refractivity contribution in [2.75, 3.05) is 20.7 Å². The van der Waals surface area contributed by atoms with Gasteiger partial charge in [-0.25, -0.2) is 4.79 Å². The maximum Gasteiger partial charge on any atom is 0.345 e. The van der Waals surface area contributed by atoms with Crippen LogP contribution in [0, 0.1) is 19.8 Å². The van der Waals surface area contributed by atoms with Gasteiger partial charge in [-0.15, -0.1) is 0 Å². The summed E-state index contributed by atoms with van der Waals surface area (Å²) in [7, 11) is 2.95. The quantitative estimate of drug-likeness (QED) is 0.783. The van der Waals surface area contributed by atoms with Gasteiger partial charge < -0.3 is 14.6 Å². The monoisotopic (exact) mass is 295 g/mol. The first kappa shape index (κ1) is 16.9. The van der Waals surface area contributed by atoms with E-state index in [1.54, 1.807) is 27.8 Å². The molecule has 1 heterocycles. The van der Waals surface area contributed by atoms with Crippen molar-refractivity contribution in [1.82, 2.24) is 14.9 Å². The number of ether oxygens (including phenoxy) is 1. The summed E-state index contributed by atoms with van der Waals surface area (Å²) >= 11 is 0. The van der Waals surface area contributed by atoms with Crippen LogP contribution in [0.15, 0.2) is 4.79 Å². The van der Waals surface area contributed by atoms with E-state index in [2.05, 4.69) is 14.7 Å². The second-order valence-electron chi connectivity index (χ2n) is 5.11. The van der Waals surface area contributed by atoms with Gasteiger partial charge in [0.15, 0.2) is 0 Å². The Labute approximate surface area is 123 Å². The molecule has 0 radical (unpaired) electrons. The second-order valence-corrected chi connectivity index (χ2v) is 5.11. The number of aromatic amines is 1. The first-order valence-corrected chi connectivity index (χ1v) is 6.64. The van der Waals surface area contributed by atoms with Crippen molar-refractivity contribution in [3.63, 3.8) is 0 Å².